The summed E-state index contributed by atoms with van der Waals surface area (Å²) in [5.41, 5.74) is 5.01. The van der Waals surface area contributed by atoms with E-state index in [4.69, 9.17) is 0 Å². The van der Waals surface area contributed by atoms with Crippen LogP contribution in [0.2, 0.25) is 0 Å². The Morgan fingerprint density at radius 1 is 0.833 bits per heavy atom. The van der Waals surface area contributed by atoms with Crippen LogP contribution in [0.4, 0.5) is 5.69 Å². The molecule has 0 aliphatic rings. The van der Waals surface area contributed by atoms with Crippen LogP contribution in [-0.4, -0.2) is 5.91 Å². The van der Waals surface area contributed by atoms with Gasteiger partial charge in [0.05, 0.1) is 0 Å². The van der Waals surface area contributed by atoms with Gasteiger partial charge in [0, 0.05) is 11.3 Å². The molecule has 0 spiro atoms. The summed E-state index contributed by atoms with van der Waals surface area (Å²) < 4.78 is 0. The van der Waals surface area contributed by atoms with Gasteiger partial charge in [0.15, 0.2) is 0 Å². The predicted octanol–water partition coefficient (Wildman–Crippen LogP) is 5.09. The van der Waals surface area contributed by atoms with Crippen molar-refractivity contribution in [3.63, 3.8) is 0 Å². The molecular formula is C22H21NO. The quantitative estimate of drug-likeness (QED) is 0.698. The number of carbonyl (C=O) groups is 1. The molecule has 0 aliphatic carbocycles. The number of benzene rings is 3. The normalized spacial score (nSPS) is 10.4. The number of anilines is 1. The van der Waals surface area contributed by atoms with Crippen molar-refractivity contribution in [3.8, 4) is 0 Å². The van der Waals surface area contributed by atoms with Crippen LogP contribution < -0.4 is 5.32 Å². The highest BCUT2D eigenvalue weighted by molar-refractivity contribution is 6.05. The van der Waals surface area contributed by atoms with Crippen molar-refractivity contribution in [1.82, 2.24) is 0 Å². The van der Waals surface area contributed by atoms with Gasteiger partial charge in [-0.25, -0.2) is 0 Å². The van der Waals surface area contributed by atoms with Crippen molar-refractivity contribution < 1.29 is 4.79 Å². The van der Waals surface area contributed by atoms with Crippen LogP contribution in [0.25, 0.3) is 0 Å². The molecule has 0 aliphatic heterocycles. The van der Waals surface area contributed by atoms with Crippen LogP contribution in [0.3, 0.4) is 0 Å². The highest BCUT2D eigenvalue weighted by atomic mass is 16.1. The van der Waals surface area contributed by atoms with Crippen molar-refractivity contribution in [1.29, 1.82) is 0 Å². The Kier molecular flexibility index (Phi) is 5.07. The summed E-state index contributed by atoms with van der Waals surface area (Å²) in [6.07, 6.45) is 1.70. The first-order chi connectivity index (χ1) is 11.8. The second-order valence-corrected chi connectivity index (χ2v) is 5.83. The van der Waals surface area contributed by atoms with Gasteiger partial charge in [0.1, 0.15) is 0 Å². The first-order valence-electron chi connectivity index (χ1n) is 8.28. The van der Waals surface area contributed by atoms with E-state index in [1.165, 1.54) is 11.1 Å². The minimum atomic E-state index is -0.0604. The van der Waals surface area contributed by atoms with Gasteiger partial charge in [-0.2, -0.15) is 0 Å². The zero-order valence-corrected chi connectivity index (χ0v) is 13.8. The molecule has 24 heavy (non-hydrogen) atoms. The molecule has 0 saturated carbocycles. The van der Waals surface area contributed by atoms with Gasteiger partial charge in [0.2, 0.25) is 0 Å². The van der Waals surface area contributed by atoms with Gasteiger partial charge in [-0.05, 0) is 47.7 Å². The summed E-state index contributed by atoms with van der Waals surface area (Å²) in [6, 6.07) is 26.0. The lowest BCUT2D eigenvalue weighted by molar-refractivity contribution is 0.102. The topological polar surface area (TPSA) is 29.1 Å². The number of rotatable bonds is 5. The van der Waals surface area contributed by atoms with E-state index in [1.54, 1.807) is 0 Å². The van der Waals surface area contributed by atoms with E-state index in [1.807, 2.05) is 60.7 Å². The molecule has 0 radical (unpaired) electrons. The molecule has 2 nitrogen and oxygen atoms in total. The molecule has 0 aromatic heterocycles. The van der Waals surface area contributed by atoms with Crippen LogP contribution >= 0.6 is 0 Å². The van der Waals surface area contributed by atoms with Gasteiger partial charge in [-0.3, -0.25) is 4.79 Å². The van der Waals surface area contributed by atoms with Gasteiger partial charge in [0.25, 0.3) is 5.91 Å². The van der Waals surface area contributed by atoms with Crippen LogP contribution in [0.15, 0.2) is 78.9 Å². The van der Waals surface area contributed by atoms with Crippen LogP contribution in [0.5, 0.6) is 0 Å². The summed E-state index contributed by atoms with van der Waals surface area (Å²) in [4.78, 5) is 12.7. The fourth-order valence-electron chi connectivity index (χ4n) is 2.78. The number of hydrogen-bond donors (Lipinski definition) is 1. The molecule has 120 valence electrons. The molecule has 0 saturated heterocycles. The number of aryl methyl sites for hydroxylation is 1. The number of hydrogen-bond acceptors (Lipinski definition) is 1. The Morgan fingerprint density at radius 3 is 2.33 bits per heavy atom. The smallest absolute Gasteiger partial charge is 0.255 e. The van der Waals surface area contributed by atoms with Crippen molar-refractivity contribution in [2.75, 3.05) is 5.32 Å². The molecule has 1 amide bonds. The molecular weight excluding hydrogens is 294 g/mol. The third-order valence-electron chi connectivity index (χ3n) is 4.09. The molecule has 0 bridgehead atoms. The monoisotopic (exact) mass is 315 g/mol. The van der Waals surface area contributed by atoms with E-state index in [9.17, 15) is 4.79 Å². The van der Waals surface area contributed by atoms with Crippen molar-refractivity contribution in [2.24, 2.45) is 0 Å². The van der Waals surface area contributed by atoms with Gasteiger partial charge in [-0.15, -0.1) is 0 Å². The maximum absolute atomic E-state index is 12.7. The molecule has 1 N–H and O–H groups in total. The maximum atomic E-state index is 12.7. The van der Waals surface area contributed by atoms with Gasteiger partial charge in [-0.1, -0.05) is 67.6 Å². The Balaban J connectivity index is 1.82. The van der Waals surface area contributed by atoms with Crippen molar-refractivity contribution >= 4 is 11.6 Å². The molecule has 0 unspecified atom stereocenters. The van der Waals surface area contributed by atoms with Crippen LogP contribution in [-0.2, 0) is 12.8 Å². The third-order valence-corrected chi connectivity index (χ3v) is 4.09. The number of amides is 1. The molecule has 3 rings (SSSR count). The largest absolute Gasteiger partial charge is 0.322 e. The summed E-state index contributed by atoms with van der Waals surface area (Å²) in [5, 5.41) is 3.02. The highest BCUT2D eigenvalue weighted by Gasteiger charge is 2.11. The molecule has 2 heteroatoms. The Morgan fingerprint density at radius 2 is 1.54 bits per heavy atom. The number of carbonyl (C=O) groups excluding carboxylic acids is 1. The van der Waals surface area contributed by atoms with E-state index >= 15 is 0 Å². The maximum Gasteiger partial charge on any atom is 0.255 e. The van der Waals surface area contributed by atoms with E-state index in [0.29, 0.717) is 0 Å². The minimum absolute atomic E-state index is 0.0604. The lowest BCUT2D eigenvalue weighted by Crippen LogP contribution is -2.14. The second-order valence-electron chi connectivity index (χ2n) is 5.83. The van der Waals surface area contributed by atoms with E-state index < -0.39 is 0 Å². The standard InChI is InChI=1S/C22H21NO/c1-2-17-11-8-13-20(16-17)23-22(24)21-14-7-6-12-19(21)15-18-9-4-3-5-10-18/h3-14,16H,2,15H2,1H3,(H,23,24). The summed E-state index contributed by atoms with van der Waals surface area (Å²) in [7, 11) is 0. The zero-order chi connectivity index (χ0) is 16.8. The van der Waals surface area contributed by atoms with Crippen LogP contribution in [0.1, 0.15) is 34.0 Å². The van der Waals surface area contributed by atoms with Gasteiger partial charge < -0.3 is 5.32 Å². The first kappa shape index (κ1) is 16.0. The summed E-state index contributed by atoms with van der Waals surface area (Å²) >= 11 is 0. The lowest BCUT2D eigenvalue weighted by Gasteiger charge is -2.11. The molecule has 0 atom stereocenters. The second kappa shape index (κ2) is 7.60. The summed E-state index contributed by atoms with van der Waals surface area (Å²) in [5.74, 6) is -0.0604. The minimum Gasteiger partial charge on any atom is -0.322 e. The zero-order valence-electron chi connectivity index (χ0n) is 13.8. The third kappa shape index (κ3) is 3.90. The van der Waals surface area contributed by atoms with E-state index in [0.717, 1.165) is 29.7 Å². The molecule has 3 aromatic carbocycles. The highest BCUT2D eigenvalue weighted by Crippen LogP contribution is 2.17. The molecule has 0 fully saturated rings. The number of nitrogens with one attached hydrogen (secondary N) is 1. The predicted molar refractivity (Wildman–Crippen MR) is 99.5 cm³/mol. The van der Waals surface area contributed by atoms with E-state index in [2.05, 4.69) is 30.4 Å². The first-order valence-corrected chi connectivity index (χ1v) is 8.28. The Labute approximate surface area is 143 Å². The van der Waals surface area contributed by atoms with Gasteiger partial charge >= 0.3 is 0 Å². The van der Waals surface area contributed by atoms with E-state index in [-0.39, 0.29) is 5.91 Å². The Bertz CT molecular complexity index is 824. The molecule has 0 heterocycles. The fraction of sp³-hybridized carbons (Fsp3) is 0.136. The Hall–Kier alpha value is -2.87. The molecule has 3 aromatic rings. The SMILES string of the molecule is CCc1cccc(NC(=O)c2ccccc2Cc2ccccc2)c1. The summed E-state index contributed by atoms with van der Waals surface area (Å²) in [6.45, 7) is 2.11. The lowest BCUT2D eigenvalue weighted by atomic mass is 9.99. The average Bonchev–Trinajstić information content (AvgIpc) is 2.63. The fourth-order valence-corrected chi connectivity index (χ4v) is 2.78. The average molecular weight is 315 g/mol. The van der Waals surface area contributed by atoms with Crippen molar-refractivity contribution in [3.05, 3.63) is 101 Å². The van der Waals surface area contributed by atoms with Crippen molar-refractivity contribution in [2.45, 2.75) is 19.8 Å². The van der Waals surface area contributed by atoms with Crippen LogP contribution in [0, 0.1) is 0 Å².